The molecule has 104 valence electrons. The summed E-state index contributed by atoms with van der Waals surface area (Å²) in [6.07, 6.45) is 7.60. The minimum absolute atomic E-state index is 0.163. The molecule has 3 atom stereocenters. The van der Waals surface area contributed by atoms with Crippen LogP contribution in [0.4, 0.5) is 0 Å². The van der Waals surface area contributed by atoms with Gasteiger partial charge in [-0.05, 0) is 44.6 Å². The lowest BCUT2D eigenvalue weighted by Crippen LogP contribution is -2.58. The van der Waals surface area contributed by atoms with Crippen molar-refractivity contribution in [1.82, 2.24) is 5.32 Å². The first-order valence-electron chi connectivity index (χ1n) is 7.19. The molecule has 0 aromatic carbocycles. The third-order valence-electron chi connectivity index (χ3n) is 4.60. The van der Waals surface area contributed by atoms with Gasteiger partial charge in [0, 0.05) is 11.0 Å². The Morgan fingerprint density at radius 2 is 2.11 bits per heavy atom. The third-order valence-corrected chi connectivity index (χ3v) is 6.12. The molecule has 0 bridgehead atoms. The summed E-state index contributed by atoms with van der Waals surface area (Å²) in [7, 11) is 1.88. The van der Waals surface area contributed by atoms with E-state index in [9.17, 15) is 4.79 Å². The van der Waals surface area contributed by atoms with Crippen LogP contribution in [0.15, 0.2) is 0 Å². The number of amides is 1. The summed E-state index contributed by atoms with van der Waals surface area (Å²) in [5.41, 5.74) is 5.20. The molecule has 0 aliphatic heterocycles. The van der Waals surface area contributed by atoms with E-state index in [0.29, 0.717) is 5.92 Å². The van der Waals surface area contributed by atoms with E-state index in [1.165, 1.54) is 25.7 Å². The minimum Gasteiger partial charge on any atom is -0.368 e. The Balaban J connectivity index is 1.91. The van der Waals surface area contributed by atoms with Gasteiger partial charge in [-0.1, -0.05) is 19.8 Å². The number of hydrogen-bond donors (Lipinski definition) is 2. The molecular formula is C14H26N2OS. The standard InChI is InChI=1S/C14H26N2OS/c1-10-4-3-5-12(8-10)18-9-14(16-2,13(15)17)11-6-7-11/h10-12,16H,3-9H2,1-2H3,(H2,15,17). The highest BCUT2D eigenvalue weighted by Gasteiger charge is 2.49. The van der Waals surface area contributed by atoms with Crippen molar-refractivity contribution in [3.63, 3.8) is 0 Å². The van der Waals surface area contributed by atoms with Crippen LogP contribution in [0, 0.1) is 11.8 Å². The Morgan fingerprint density at radius 1 is 1.39 bits per heavy atom. The molecule has 0 heterocycles. The van der Waals surface area contributed by atoms with Crippen molar-refractivity contribution < 1.29 is 4.79 Å². The van der Waals surface area contributed by atoms with Crippen molar-refractivity contribution >= 4 is 17.7 Å². The van der Waals surface area contributed by atoms with Crippen LogP contribution in [0.3, 0.4) is 0 Å². The van der Waals surface area contributed by atoms with Crippen molar-refractivity contribution in [2.24, 2.45) is 17.6 Å². The number of primary amides is 1. The second-order valence-corrected chi connectivity index (χ2v) is 7.35. The molecule has 0 radical (unpaired) electrons. The molecule has 2 rings (SSSR count). The number of nitrogens with one attached hydrogen (secondary N) is 1. The number of rotatable bonds is 6. The molecule has 2 aliphatic rings. The lowest BCUT2D eigenvalue weighted by molar-refractivity contribution is -0.124. The Bertz CT molecular complexity index is 306. The van der Waals surface area contributed by atoms with Crippen LogP contribution in [0.5, 0.6) is 0 Å². The molecule has 0 aromatic rings. The average Bonchev–Trinajstić information content (AvgIpc) is 3.15. The summed E-state index contributed by atoms with van der Waals surface area (Å²) < 4.78 is 0. The quantitative estimate of drug-likeness (QED) is 0.777. The number of hydrogen-bond acceptors (Lipinski definition) is 3. The van der Waals surface area contributed by atoms with Crippen LogP contribution in [0.25, 0.3) is 0 Å². The van der Waals surface area contributed by atoms with Crippen molar-refractivity contribution in [3.05, 3.63) is 0 Å². The van der Waals surface area contributed by atoms with Gasteiger partial charge in [0.25, 0.3) is 0 Å². The SMILES string of the molecule is CNC(CSC1CCCC(C)C1)(C(N)=O)C1CC1. The van der Waals surface area contributed by atoms with Gasteiger partial charge in [-0.3, -0.25) is 4.79 Å². The monoisotopic (exact) mass is 270 g/mol. The first-order valence-corrected chi connectivity index (χ1v) is 8.24. The fourth-order valence-electron chi connectivity index (χ4n) is 3.14. The molecule has 1 amide bonds. The smallest absolute Gasteiger partial charge is 0.238 e. The summed E-state index contributed by atoms with van der Waals surface area (Å²) in [6, 6.07) is 0. The van der Waals surface area contributed by atoms with Crippen molar-refractivity contribution in [2.45, 2.75) is 56.2 Å². The van der Waals surface area contributed by atoms with Gasteiger partial charge in [0.05, 0.1) is 0 Å². The van der Waals surface area contributed by atoms with E-state index in [1.54, 1.807) is 0 Å². The minimum atomic E-state index is -0.453. The highest BCUT2D eigenvalue weighted by molar-refractivity contribution is 8.00. The normalized spacial score (nSPS) is 31.9. The first kappa shape index (κ1) is 14.2. The van der Waals surface area contributed by atoms with E-state index >= 15 is 0 Å². The number of likely N-dealkylation sites (N-methyl/N-ethyl adjacent to an activating group) is 1. The maximum absolute atomic E-state index is 11.8. The van der Waals surface area contributed by atoms with Gasteiger partial charge >= 0.3 is 0 Å². The van der Waals surface area contributed by atoms with Gasteiger partial charge in [0.2, 0.25) is 5.91 Å². The Morgan fingerprint density at radius 3 is 2.61 bits per heavy atom. The van der Waals surface area contributed by atoms with Crippen molar-refractivity contribution in [1.29, 1.82) is 0 Å². The van der Waals surface area contributed by atoms with Crippen LogP contribution in [0.1, 0.15) is 45.4 Å². The van der Waals surface area contributed by atoms with Crippen molar-refractivity contribution in [3.8, 4) is 0 Å². The van der Waals surface area contributed by atoms with E-state index in [-0.39, 0.29) is 5.91 Å². The van der Waals surface area contributed by atoms with Crippen LogP contribution < -0.4 is 11.1 Å². The topological polar surface area (TPSA) is 55.1 Å². The molecule has 18 heavy (non-hydrogen) atoms. The third kappa shape index (κ3) is 3.02. The van der Waals surface area contributed by atoms with Gasteiger partial charge in [-0.25, -0.2) is 0 Å². The van der Waals surface area contributed by atoms with Gasteiger partial charge in [0.1, 0.15) is 5.54 Å². The molecule has 4 heteroatoms. The van der Waals surface area contributed by atoms with E-state index in [4.69, 9.17) is 5.73 Å². The molecule has 3 nitrogen and oxygen atoms in total. The highest BCUT2D eigenvalue weighted by atomic mass is 32.2. The highest BCUT2D eigenvalue weighted by Crippen LogP contribution is 2.43. The Labute approximate surface area is 115 Å². The maximum Gasteiger partial charge on any atom is 0.238 e. The van der Waals surface area contributed by atoms with E-state index in [0.717, 1.165) is 29.8 Å². The van der Waals surface area contributed by atoms with Gasteiger partial charge in [-0.2, -0.15) is 11.8 Å². The number of nitrogens with two attached hydrogens (primary N) is 1. The zero-order chi connectivity index (χ0) is 13.2. The summed E-state index contributed by atoms with van der Waals surface area (Å²) in [6.45, 7) is 2.34. The van der Waals surface area contributed by atoms with Crippen LogP contribution in [-0.2, 0) is 4.79 Å². The van der Waals surface area contributed by atoms with Gasteiger partial charge in [0.15, 0.2) is 0 Å². The lowest BCUT2D eigenvalue weighted by atomic mass is 9.90. The van der Waals surface area contributed by atoms with E-state index in [1.807, 2.05) is 18.8 Å². The second kappa shape index (κ2) is 5.83. The molecule has 2 aliphatic carbocycles. The maximum atomic E-state index is 11.8. The Kier molecular flexibility index (Phi) is 4.59. The average molecular weight is 270 g/mol. The molecule has 0 saturated heterocycles. The molecular weight excluding hydrogens is 244 g/mol. The van der Waals surface area contributed by atoms with Crippen LogP contribution in [-0.4, -0.2) is 29.5 Å². The lowest BCUT2D eigenvalue weighted by Gasteiger charge is -2.33. The summed E-state index contributed by atoms with van der Waals surface area (Å²) >= 11 is 1.97. The zero-order valence-corrected chi connectivity index (χ0v) is 12.4. The summed E-state index contributed by atoms with van der Waals surface area (Å²) in [4.78, 5) is 11.8. The number of carbonyl (C=O) groups is 1. The predicted molar refractivity (Wildman–Crippen MR) is 77.6 cm³/mol. The summed E-state index contributed by atoms with van der Waals surface area (Å²) in [5, 5.41) is 3.95. The molecule has 2 fully saturated rings. The molecule has 2 saturated carbocycles. The fourth-order valence-corrected chi connectivity index (χ4v) is 4.96. The fraction of sp³-hybridized carbons (Fsp3) is 0.929. The van der Waals surface area contributed by atoms with Gasteiger partial charge in [-0.15, -0.1) is 0 Å². The van der Waals surface area contributed by atoms with E-state index in [2.05, 4.69) is 12.2 Å². The van der Waals surface area contributed by atoms with Crippen molar-refractivity contribution in [2.75, 3.05) is 12.8 Å². The molecule has 0 spiro atoms. The molecule has 3 N–H and O–H groups in total. The largest absolute Gasteiger partial charge is 0.368 e. The van der Waals surface area contributed by atoms with Crippen LogP contribution in [0.2, 0.25) is 0 Å². The molecule has 3 unspecified atom stereocenters. The van der Waals surface area contributed by atoms with Gasteiger partial charge < -0.3 is 11.1 Å². The number of carbonyl (C=O) groups excluding carboxylic acids is 1. The van der Waals surface area contributed by atoms with Crippen LogP contribution >= 0.6 is 11.8 Å². The zero-order valence-electron chi connectivity index (χ0n) is 11.6. The second-order valence-electron chi connectivity index (χ2n) is 6.06. The predicted octanol–water partition coefficient (Wildman–Crippen LogP) is 2.15. The Hall–Kier alpha value is -0.220. The van der Waals surface area contributed by atoms with E-state index < -0.39 is 5.54 Å². The first-order chi connectivity index (χ1) is 8.58. The number of thioether (sulfide) groups is 1. The molecule has 0 aromatic heterocycles. The summed E-state index contributed by atoms with van der Waals surface area (Å²) in [5.74, 6) is 1.99.